The zero-order valence-corrected chi connectivity index (χ0v) is 9.93. The van der Waals surface area contributed by atoms with Crippen molar-refractivity contribution in [2.45, 2.75) is 6.92 Å². The molecule has 0 radical (unpaired) electrons. The van der Waals surface area contributed by atoms with Crippen LogP contribution < -0.4 is 9.47 Å². The number of carbonyl (C=O) groups excluding carboxylic acids is 1. The zero-order chi connectivity index (χ0) is 13.5. The van der Waals surface area contributed by atoms with Crippen LogP contribution in [0.5, 0.6) is 11.5 Å². The van der Waals surface area contributed by atoms with Gasteiger partial charge in [-0.1, -0.05) is 6.07 Å². The van der Waals surface area contributed by atoms with E-state index in [-0.39, 0.29) is 11.3 Å². The Kier molecular flexibility index (Phi) is 4.48. The lowest BCUT2D eigenvalue weighted by molar-refractivity contribution is -0.132. The van der Waals surface area contributed by atoms with E-state index in [2.05, 4.69) is 0 Å². The van der Waals surface area contributed by atoms with Crippen LogP contribution in [0.1, 0.15) is 12.5 Å². The quantitative estimate of drug-likeness (QED) is 0.460. The number of nitrogens with zero attached hydrogens (tertiary/aromatic N) is 2. The molecule has 0 aliphatic carbocycles. The summed E-state index contributed by atoms with van der Waals surface area (Å²) in [5, 5.41) is 17.3. The van der Waals surface area contributed by atoms with Crippen LogP contribution in [0.2, 0.25) is 0 Å². The molecule has 1 aromatic carbocycles. The first-order chi connectivity index (χ1) is 8.60. The summed E-state index contributed by atoms with van der Waals surface area (Å²) in [7, 11) is 1.44. The molecule has 0 amide bonds. The third kappa shape index (κ3) is 3.36. The minimum atomic E-state index is -0.452. The van der Waals surface area contributed by atoms with Gasteiger partial charge in [-0.3, -0.25) is 4.79 Å². The predicted molar refractivity (Wildman–Crippen MR) is 63.5 cm³/mol. The molecule has 0 bridgehead atoms. The molecule has 1 aromatic rings. The Balaban J connectivity index is 3.15. The van der Waals surface area contributed by atoms with E-state index in [9.17, 15) is 4.79 Å². The molecule has 90 valence electrons. The SMILES string of the molecule is COc1cc(C=C(C#N)C#N)ccc1OC(C)=O. The van der Waals surface area contributed by atoms with Gasteiger partial charge in [0.15, 0.2) is 11.5 Å². The molecule has 0 atom stereocenters. The second-order valence-corrected chi connectivity index (χ2v) is 3.29. The van der Waals surface area contributed by atoms with Gasteiger partial charge in [-0.2, -0.15) is 10.5 Å². The molecular formula is C13H10N2O3. The number of carbonyl (C=O) groups is 1. The van der Waals surface area contributed by atoms with Crippen LogP contribution in [0.4, 0.5) is 0 Å². The zero-order valence-electron chi connectivity index (χ0n) is 9.93. The molecule has 0 fully saturated rings. The maximum absolute atomic E-state index is 10.9. The number of methoxy groups -OCH3 is 1. The fourth-order valence-electron chi connectivity index (χ4n) is 1.27. The van der Waals surface area contributed by atoms with Crippen LogP contribution in [-0.2, 0) is 4.79 Å². The van der Waals surface area contributed by atoms with E-state index >= 15 is 0 Å². The van der Waals surface area contributed by atoms with Crippen LogP contribution in [-0.4, -0.2) is 13.1 Å². The molecule has 18 heavy (non-hydrogen) atoms. The minimum absolute atomic E-state index is 0.0164. The lowest BCUT2D eigenvalue weighted by Gasteiger charge is -2.08. The van der Waals surface area contributed by atoms with Gasteiger partial charge in [0.25, 0.3) is 0 Å². The fourth-order valence-corrected chi connectivity index (χ4v) is 1.27. The van der Waals surface area contributed by atoms with Gasteiger partial charge in [0.1, 0.15) is 17.7 Å². The van der Waals surface area contributed by atoms with Crippen LogP contribution in [0, 0.1) is 22.7 Å². The second kappa shape index (κ2) is 6.07. The van der Waals surface area contributed by atoms with E-state index < -0.39 is 5.97 Å². The van der Waals surface area contributed by atoms with Crippen molar-refractivity contribution in [1.82, 2.24) is 0 Å². The summed E-state index contributed by atoms with van der Waals surface area (Å²) in [5.41, 5.74) is 0.596. The van der Waals surface area contributed by atoms with Crippen molar-refractivity contribution in [3.8, 4) is 23.6 Å². The topological polar surface area (TPSA) is 83.1 Å². The van der Waals surface area contributed by atoms with Gasteiger partial charge in [-0.15, -0.1) is 0 Å². The molecule has 0 saturated heterocycles. The summed E-state index contributed by atoms with van der Waals surface area (Å²) in [6.07, 6.45) is 1.42. The normalized spacial score (nSPS) is 8.67. The number of benzene rings is 1. The third-order valence-corrected chi connectivity index (χ3v) is 1.99. The molecule has 5 heteroatoms. The van der Waals surface area contributed by atoms with Crippen molar-refractivity contribution >= 4 is 12.0 Å². The van der Waals surface area contributed by atoms with Gasteiger partial charge in [-0.25, -0.2) is 0 Å². The summed E-state index contributed by atoms with van der Waals surface area (Å²) < 4.78 is 10.00. The number of ether oxygens (including phenoxy) is 2. The average Bonchev–Trinajstić information content (AvgIpc) is 2.36. The standard InChI is InChI=1S/C13H10N2O3/c1-9(16)18-12-4-3-10(6-13(12)17-2)5-11(7-14)8-15/h3-6H,1-2H3. The van der Waals surface area contributed by atoms with Crippen molar-refractivity contribution in [2.24, 2.45) is 0 Å². The Bertz CT molecular complexity index is 561. The molecule has 0 aromatic heterocycles. The van der Waals surface area contributed by atoms with E-state index in [1.54, 1.807) is 30.3 Å². The molecule has 0 N–H and O–H groups in total. The molecule has 0 aliphatic rings. The number of esters is 1. The lowest BCUT2D eigenvalue weighted by Crippen LogP contribution is -2.03. The van der Waals surface area contributed by atoms with Gasteiger partial charge in [0.2, 0.25) is 0 Å². The maximum Gasteiger partial charge on any atom is 0.308 e. The van der Waals surface area contributed by atoms with Gasteiger partial charge in [0.05, 0.1) is 7.11 Å². The van der Waals surface area contributed by atoms with Crippen molar-refractivity contribution in [1.29, 1.82) is 10.5 Å². The van der Waals surface area contributed by atoms with Gasteiger partial charge >= 0.3 is 5.97 Å². The molecular weight excluding hydrogens is 232 g/mol. The van der Waals surface area contributed by atoms with Crippen LogP contribution >= 0.6 is 0 Å². The highest BCUT2D eigenvalue weighted by molar-refractivity contribution is 5.71. The summed E-state index contributed by atoms with van der Waals surface area (Å²) >= 11 is 0. The summed E-state index contributed by atoms with van der Waals surface area (Å²) in [4.78, 5) is 10.9. The lowest BCUT2D eigenvalue weighted by atomic mass is 10.1. The Labute approximate surface area is 104 Å². The Morgan fingerprint density at radius 1 is 1.28 bits per heavy atom. The summed E-state index contributed by atoms with van der Waals surface area (Å²) in [5.74, 6) is 0.193. The molecule has 0 spiro atoms. The molecule has 1 rings (SSSR count). The Hall–Kier alpha value is -2.79. The maximum atomic E-state index is 10.9. The van der Waals surface area contributed by atoms with Crippen LogP contribution in [0.25, 0.3) is 6.08 Å². The monoisotopic (exact) mass is 242 g/mol. The Morgan fingerprint density at radius 3 is 2.44 bits per heavy atom. The van der Waals surface area contributed by atoms with Crippen LogP contribution in [0.3, 0.4) is 0 Å². The highest BCUT2D eigenvalue weighted by Crippen LogP contribution is 2.28. The first-order valence-electron chi connectivity index (χ1n) is 4.99. The van der Waals surface area contributed by atoms with Crippen molar-refractivity contribution in [3.05, 3.63) is 29.3 Å². The van der Waals surface area contributed by atoms with Gasteiger partial charge in [0, 0.05) is 6.92 Å². The highest BCUT2D eigenvalue weighted by Gasteiger charge is 2.07. The molecule has 0 saturated carbocycles. The Morgan fingerprint density at radius 2 is 1.94 bits per heavy atom. The van der Waals surface area contributed by atoms with Crippen molar-refractivity contribution < 1.29 is 14.3 Å². The van der Waals surface area contributed by atoms with Crippen molar-refractivity contribution in [2.75, 3.05) is 7.11 Å². The van der Waals surface area contributed by atoms with E-state index in [4.69, 9.17) is 20.0 Å². The predicted octanol–water partition coefficient (Wildman–Crippen LogP) is 2.05. The van der Waals surface area contributed by atoms with Crippen LogP contribution in [0.15, 0.2) is 23.8 Å². The highest BCUT2D eigenvalue weighted by atomic mass is 16.6. The molecule has 0 unspecified atom stereocenters. The van der Waals surface area contributed by atoms with Gasteiger partial charge < -0.3 is 9.47 Å². The average molecular weight is 242 g/mol. The fraction of sp³-hybridized carbons (Fsp3) is 0.154. The first-order valence-corrected chi connectivity index (χ1v) is 4.99. The number of hydrogen-bond donors (Lipinski definition) is 0. The van der Waals surface area contributed by atoms with Gasteiger partial charge in [-0.05, 0) is 23.8 Å². The number of rotatable bonds is 3. The summed E-state index contributed by atoms with van der Waals surface area (Å²) in [6.45, 7) is 1.29. The summed E-state index contributed by atoms with van der Waals surface area (Å²) in [6, 6.07) is 8.25. The number of allylic oxidation sites excluding steroid dienone is 1. The van der Waals surface area contributed by atoms with E-state index in [0.29, 0.717) is 11.3 Å². The molecule has 0 heterocycles. The second-order valence-electron chi connectivity index (χ2n) is 3.29. The van der Waals surface area contributed by atoms with E-state index in [1.807, 2.05) is 0 Å². The van der Waals surface area contributed by atoms with E-state index in [1.165, 1.54) is 20.1 Å². The smallest absolute Gasteiger partial charge is 0.308 e. The van der Waals surface area contributed by atoms with Crippen molar-refractivity contribution in [3.63, 3.8) is 0 Å². The van der Waals surface area contributed by atoms with E-state index in [0.717, 1.165) is 0 Å². The number of nitriles is 2. The largest absolute Gasteiger partial charge is 0.493 e. The molecule has 0 aliphatic heterocycles. The number of hydrogen-bond acceptors (Lipinski definition) is 5. The molecule has 5 nitrogen and oxygen atoms in total. The minimum Gasteiger partial charge on any atom is -0.493 e. The first kappa shape index (κ1) is 13.3. The third-order valence-electron chi connectivity index (χ3n) is 1.99.